The Morgan fingerprint density at radius 1 is 1.36 bits per heavy atom. The van der Waals surface area contributed by atoms with Gasteiger partial charge in [0.05, 0.1) is 11.4 Å². The molecule has 116 valence electrons. The van der Waals surface area contributed by atoms with Crippen molar-refractivity contribution >= 4 is 11.7 Å². The van der Waals surface area contributed by atoms with Crippen LogP contribution < -0.4 is 0 Å². The summed E-state index contributed by atoms with van der Waals surface area (Å²) in [6.45, 7) is 5.77. The molecule has 1 N–H and O–H groups in total. The van der Waals surface area contributed by atoms with Gasteiger partial charge in [-0.25, -0.2) is 4.79 Å². The number of hydrogen-bond acceptors (Lipinski definition) is 5. The smallest absolute Gasteiger partial charge is 0.331 e. The molecule has 0 saturated carbocycles. The monoisotopic (exact) mass is 301 g/mol. The largest absolute Gasteiger partial charge is 0.507 e. The average Bonchev–Trinajstić information content (AvgIpc) is 2.78. The number of para-hydroxylation sites is 1. The molecule has 6 heteroatoms. The maximum Gasteiger partial charge on any atom is 0.331 e. The first kappa shape index (κ1) is 15.8. The van der Waals surface area contributed by atoms with Crippen LogP contribution in [0.1, 0.15) is 30.3 Å². The Morgan fingerprint density at radius 2 is 2.09 bits per heavy atom. The number of oxime groups is 1. The maximum atomic E-state index is 11.0. The Balaban J connectivity index is 2.22. The summed E-state index contributed by atoms with van der Waals surface area (Å²) in [5, 5.41) is 18.2. The number of benzene rings is 1. The number of carbonyl (C=O) groups is 1. The van der Waals surface area contributed by atoms with Gasteiger partial charge >= 0.3 is 5.97 Å². The van der Waals surface area contributed by atoms with Gasteiger partial charge in [-0.15, -0.1) is 0 Å². The van der Waals surface area contributed by atoms with Crippen LogP contribution in [0.4, 0.5) is 0 Å². The van der Waals surface area contributed by atoms with E-state index in [0.717, 1.165) is 11.4 Å². The normalized spacial score (nSPS) is 11.5. The van der Waals surface area contributed by atoms with Crippen molar-refractivity contribution in [3.8, 4) is 5.75 Å². The molecule has 0 aliphatic carbocycles. The summed E-state index contributed by atoms with van der Waals surface area (Å²) >= 11 is 0. The fourth-order valence-electron chi connectivity index (χ4n) is 2.18. The predicted molar refractivity (Wildman–Crippen MR) is 82.7 cm³/mol. The third-order valence-electron chi connectivity index (χ3n) is 3.16. The van der Waals surface area contributed by atoms with E-state index in [1.807, 2.05) is 24.6 Å². The minimum Gasteiger partial charge on any atom is -0.507 e. The quantitative estimate of drug-likeness (QED) is 0.523. The fourth-order valence-corrected chi connectivity index (χ4v) is 2.18. The Hall–Kier alpha value is -2.63. The zero-order valence-corrected chi connectivity index (χ0v) is 12.9. The van der Waals surface area contributed by atoms with Crippen molar-refractivity contribution in [1.29, 1.82) is 0 Å². The molecule has 0 radical (unpaired) electrons. The van der Waals surface area contributed by atoms with E-state index in [4.69, 9.17) is 4.84 Å². The summed E-state index contributed by atoms with van der Waals surface area (Å²) < 4.78 is 1.86. The minimum absolute atomic E-state index is 0.0989. The first-order chi connectivity index (χ1) is 10.5. The fraction of sp³-hybridized carbons (Fsp3) is 0.312. The number of phenolic OH excluding ortho intramolecular Hbond substituents is 1. The van der Waals surface area contributed by atoms with Crippen LogP contribution in [0.25, 0.3) is 0 Å². The van der Waals surface area contributed by atoms with Crippen LogP contribution in [0, 0.1) is 13.8 Å². The summed E-state index contributed by atoms with van der Waals surface area (Å²) in [4.78, 5) is 15.7. The molecular weight excluding hydrogens is 282 g/mol. The van der Waals surface area contributed by atoms with E-state index in [1.54, 1.807) is 24.3 Å². The number of aromatic hydroxyl groups is 1. The Morgan fingerprint density at radius 3 is 2.68 bits per heavy atom. The van der Waals surface area contributed by atoms with Crippen LogP contribution in [-0.4, -0.2) is 26.6 Å². The van der Waals surface area contributed by atoms with E-state index in [9.17, 15) is 9.90 Å². The number of aromatic nitrogens is 2. The zero-order valence-electron chi connectivity index (χ0n) is 12.9. The summed E-state index contributed by atoms with van der Waals surface area (Å²) in [7, 11) is 0. The second kappa shape index (κ2) is 6.89. The van der Waals surface area contributed by atoms with Gasteiger partial charge in [0.25, 0.3) is 0 Å². The van der Waals surface area contributed by atoms with Crippen LogP contribution >= 0.6 is 0 Å². The second-order valence-corrected chi connectivity index (χ2v) is 5.04. The van der Waals surface area contributed by atoms with Gasteiger partial charge in [-0.05, 0) is 32.0 Å². The van der Waals surface area contributed by atoms with Gasteiger partial charge in [0.2, 0.25) is 0 Å². The minimum atomic E-state index is -0.501. The molecule has 0 fully saturated rings. The standard InChI is InChI=1S/C16H19N3O3/c1-11-10-12(2)19(17-11)9-8-15(18-22-13(3)20)14-6-4-5-7-16(14)21/h4-7,10,21H,8-9H2,1-3H3/b18-15-. The molecule has 1 heterocycles. The summed E-state index contributed by atoms with van der Waals surface area (Å²) in [5.74, 6) is -0.402. The number of aryl methyl sites for hydroxylation is 3. The van der Waals surface area contributed by atoms with Gasteiger partial charge in [0.15, 0.2) is 0 Å². The Bertz CT molecular complexity index is 704. The van der Waals surface area contributed by atoms with Gasteiger partial charge in [0.1, 0.15) is 5.75 Å². The van der Waals surface area contributed by atoms with Crippen molar-refractivity contribution in [2.75, 3.05) is 0 Å². The second-order valence-electron chi connectivity index (χ2n) is 5.04. The van der Waals surface area contributed by atoms with Gasteiger partial charge in [-0.1, -0.05) is 17.3 Å². The molecule has 0 aliphatic rings. The van der Waals surface area contributed by atoms with Crippen molar-refractivity contribution in [3.63, 3.8) is 0 Å². The molecule has 0 aliphatic heterocycles. The predicted octanol–water partition coefficient (Wildman–Crippen LogP) is 2.56. The first-order valence-corrected chi connectivity index (χ1v) is 7.01. The molecule has 6 nitrogen and oxygen atoms in total. The highest BCUT2D eigenvalue weighted by atomic mass is 16.7. The van der Waals surface area contributed by atoms with E-state index in [-0.39, 0.29) is 5.75 Å². The third-order valence-corrected chi connectivity index (χ3v) is 3.16. The third kappa shape index (κ3) is 3.94. The zero-order chi connectivity index (χ0) is 16.1. The molecule has 0 bridgehead atoms. The van der Waals surface area contributed by atoms with Crippen molar-refractivity contribution in [1.82, 2.24) is 9.78 Å². The molecule has 0 atom stereocenters. The van der Waals surface area contributed by atoms with Crippen LogP contribution in [0.2, 0.25) is 0 Å². The van der Waals surface area contributed by atoms with Gasteiger partial charge in [0, 0.05) is 31.1 Å². The van der Waals surface area contributed by atoms with Crippen molar-refractivity contribution in [2.45, 2.75) is 33.7 Å². The topological polar surface area (TPSA) is 76.7 Å². The Labute approximate surface area is 129 Å². The van der Waals surface area contributed by atoms with Crippen LogP contribution in [0.5, 0.6) is 5.75 Å². The Kier molecular flexibility index (Phi) is 4.93. The molecule has 22 heavy (non-hydrogen) atoms. The van der Waals surface area contributed by atoms with Gasteiger partial charge in [-0.2, -0.15) is 5.10 Å². The number of nitrogens with zero attached hydrogens (tertiary/aromatic N) is 3. The lowest BCUT2D eigenvalue weighted by molar-refractivity contribution is -0.140. The molecule has 0 amide bonds. The summed E-state index contributed by atoms with van der Waals surface area (Å²) in [6, 6.07) is 8.81. The summed E-state index contributed by atoms with van der Waals surface area (Å²) in [5.41, 5.74) is 3.03. The molecule has 0 unspecified atom stereocenters. The molecule has 2 aromatic rings. The number of hydrogen-bond donors (Lipinski definition) is 1. The maximum absolute atomic E-state index is 11.0. The lowest BCUT2D eigenvalue weighted by atomic mass is 10.1. The molecule has 2 rings (SSSR count). The summed E-state index contributed by atoms with van der Waals surface area (Å²) in [6.07, 6.45) is 0.479. The van der Waals surface area contributed by atoms with Crippen LogP contribution in [-0.2, 0) is 16.2 Å². The van der Waals surface area contributed by atoms with E-state index >= 15 is 0 Å². The first-order valence-electron chi connectivity index (χ1n) is 7.01. The number of rotatable bonds is 5. The molecule has 0 saturated heterocycles. The highest BCUT2D eigenvalue weighted by Gasteiger charge is 2.11. The molecule has 1 aromatic carbocycles. The lowest BCUT2D eigenvalue weighted by Crippen LogP contribution is -2.11. The lowest BCUT2D eigenvalue weighted by Gasteiger charge is -2.09. The SMILES string of the molecule is CC(=O)O/N=C(/CCn1nc(C)cc1C)c1ccccc1O. The van der Waals surface area contributed by atoms with Gasteiger partial charge in [-0.3, -0.25) is 4.68 Å². The highest BCUT2D eigenvalue weighted by Crippen LogP contribution is 2.19. The van der Waals surface area contributed by atoms with Crippen molar-refractivity contribution in [2.24, 2.45) is 5.16 Å². The molecular formula is C16H19N3O3. The van der Waals surface area contributed by atoms with E-state index in [2.05, 4.69) is 10.3 Å². The van der Waals surface area contributed by atoms with Crippen LogP contribution in [0.15, 0.2) is 35.5 Å². The highest BCUT2D eigenvalue weighted by molar-refractivity contribution is 6.02. The average molecular weight is 301 g/mol. The van der Waals surface area contributed by atoms with Crippen molar-refractivity contribution in [3.05, 3.63) is 47.3 Å². The van der Waals surface area contributed by atoms with E-state index in [0.29, 0.717) is 24.2 Å². The van der Waals surface area contributed by atoms with Crippen LogP contribution in [0.3, 0.4) is 0 Å². The number of carbonyl (C=O) groups excluding carboxylic acids is 1. The number of phenols is 1. The van der Waals surface area contributed by atoms with Crippen molar-refractivity contribution < 1.29 is 14.7 Å². The van der Waals surface area contributed by atoms with E-state index in [1.165, 1.54) is 6.92 Å². The molecule has 1 aromatic heterocycles. The van der Waals surface area contributed by atoms with E-state index < -0.39 is 5.97 Å². The van der Waals surface area contributed by atoms with Gasteiger partial charge < -0.3 is 9.94 Å². The molecule has 0 spiro atoms.